The molecule has 0 aromatic heterocycles. The third-order valence-electron chi connectivity index (χ3n) is 3.16. The lowest BCUT2D eigenvalue weighted by atomic mass is 10.1. The normalized spacial score (nSPS) is 10.2. The highest BCUT2D eigenvalue weighted by Crippen LogP contribution is 2.22. The minimum atomic E-state index is 0.383. The molecule has 21 heavy (non-hydrogen) atoms. The molecule has 0 heterocycles. The third kappa shape index (κ3) is 4.78. The van der Waals surface area contributed by atoms with Crippen molar-refractivity contribution >= 4 is 10.8 Å². The molecule has 0 atom stereocenters. The fourth-order valence-electron chi connectivity index (χ4n) is 2.08. The van der Waals surface area contributed by atoms with Gasteiger partial charge in [0.2, 0.25) is 0 Å². The Labute approximate surface area is 126 Å². The van der Waals surface area contributed by atoms with Gasteiger partial charge in [-0.05, 0) is 47.9 Å². The number of hydrogen-bond acceptors (Lipinski definition) is 3. The molecule has 0 spiro atoms. The van der Waals surface area contributed by atoms with Gasteiger partial charge in [0.05, 0.1) is 13.2 Å². The smallest absolute Gasteiger partial charge is 0.119 e. The summed E-state index contributed by atoms with van der Waals surface area (Å²) in [6.07, 6.45) is 2.02. The van der Waals surface area contributed by atoms with E-state index in [1.807, 2.05) is 12.1 Å². The molecule has 0 bridgehead atoms. The van der Waals surface area contributed by atoms with E-state index in [9.17, 15) is 0 Å². The summed E-state index contributed by atoms with van der Waals surface area (Å²) in [4.78, 5) is 0. The molecule has 2 aromatic rings. The molecule has 0 aliphatic rings. The number of nitrogens with two attached hydrogens (primary N) is 1. The lowest BCUT2D eigenvalue weighted by molar-refractivity contribution is 0.184. The zero-order valence-corrected chi connectivity index (χ0v) is 12.4. The first kappa shape index (κ1) is 15.4. The maximum absolute atomic E-state index is 5.76. The zero-order chi connectivity index (χ0) is 14.9. The van der Waals surface area contributed by atoms with E-state index in [-0.39, 0.29) is 0 Å². The second kappa shape index (κ2) is 8.31. The molecule has 0 amide bonds. The van der Waals surface area contributed by atoms with Crippen molar-refractivity contribution in [2.45, 2.75) is 12.8 Å². The third-order valence-corrected chi connectivity index (χ3v) is 3.16. The van der Waals surface area contributed by atoms with E-state index in [1.165, 1.54) is 0 Å². The molecule has 0 fully saturated rings. The molecule has 3 heteroatoms. The Morgan fingerprint density at radius 1 is 1.00 bits per heavy atom. The standard InChI is InChI=1S/C18H21NO2/c1-20-11-2-3-12-21-18-9-8-16-13-15(5-4-10-19)6-7-17(16)14-18/h6-9,13-14H,2-3,10-12,19H2,1H3. The fraction of sp³-hybridized carbons (Fsp3) is 0.333. The second-order valence-corrected chi connectivity index (χ2v) is 4.78. The summed E-state index contributed by atoms with van der Waals surface area (Å²) in [5, 5.41) is 2.31. The summed E-state index contributed by atoms with van der Waals surface area (Å²) < 4.78 is 10.8. The highest BCUT2D eigenvalue weighted by molar-refractivity contribution is 5.85. The van der Waals surface area contributed by atoms with Crippen molar-refractivity contribution < 1.29 is 9.47 Å². The first-order valence-corrected chi connectivity index (χ1v) is 7.18. The number of benzene rings is 2. The molecule has 0 saturated carbocycles. The molecule has 2 rings (SSSR count). The van der Waals surface area contributed by atoms with Crippen LogP contribution in [-0.4, -0.2) is 26.9 Å². The minimum Gasteiger partial charge on any atom is -0.494 e. The van der Waals surface area contributed by atoms with Crippen molar-refractivity contribution in [3.8, 4) is 17.6 Å². The van der Waals surface area contributed by atoms with E-state index in [0.29, 0.717) is 6.54 Å². The van der Waals surface area contributed by atoms with Gasteiger partial charge in [-0.1, -0.05) is 24.0 Å². The van der Waals surface area contributed by atoms with Gasteiger partial charge in [0.25, 0.3) is 0 Å². The molecule has 2 N–H and O–H groups in total. The van der Waals surface area contributed by atoms with Crippen LogP contribution in [0.1, 0.15) is 18.4 Å². The van der Waals surface area contributed by atoms with Crippen LogP contribution in [-0.2, 0) is 4.74 Å². The van der Waals surface area contributed by atoms with E-state index in [1.54, 1.807) is 7.11 Å². The number of hydrogen-bond donors (Lipinski definition) is 1. The Hall–Kier alpha value is -2.02. The number of unbranched alkanes of at least 4 members (excludes halogenated alkanes) is 1. The Bertz CT molecular complexity index is 640. The molecule has 0 unspecified atom stereocenters. The quantitative estimate of drug-likeness (QED) is 0.655. The number of rotatable bonds is 6. The summed E-state index contributed by atoms with van der Waals surface area (Å²) in [7, 11) is 1.72. The summed E-state index contributed by atoms with van der Waals surface area (Å²) in [5.74, 6) is 6.82. The van der Waals surface area contributed by atoms with Crippen LogP contribution in [0.5, 0.6) is 5.75 Å². The van der Waals surface area contributed by atoms with E-state index < -0.39 is 0 Å². The van der Waals surface area contributed by atoms with Crippen LogP contribution in [0.3, 0.4) is 0 Å². The molecule has 0 radical (unpaired) electrons. The largest absolute Gasteiger partial charge is 0.494 e. The van der Waals surface area contributed by atoms with Gasteiger partial charge in [-0.3, -0.25) is 0 Å². The Morgan fingerprint density at radius 2 is 1.76 bits per heavy atom. The van der Waals surface area contributed by atoms with E-state index >= 15 is 0 Å². The number of ether oxygens (including phenoxy) is 2. The van der Waals surface area contributed by atoms with Crippen molar-refractivity contribution in [1.82, 2.24) is 0 Å². The van der Waals surface area contributed by atoms with Gasteiger partial charge in [0.15, 0.2) is 0 Å². The van der Waals surface area contributed by atoms with Crippen LogP contribution in [0.25, 0.3) is 10.8 Å². The Morgan fingerprint density at radius 3 is 2.57 bits per heavy atom. The molecule has 3 nitrogen and oxygen atoms in total. The van der Waals surface area contributed by atoms with Crippen LogP contribution in [0.2, 0.25) is 0 Å². The van der Waals surface area contributed by atoms with Crippen LogP contribution >= 0.6 is 0 Å². The predicted octanol–water partition coefficient (Wildman–Crippen LogP) is 2.96. The predicted molar refractivity (Wildman–Crippen MR) is 86.5 cm³/mol. The maximum atomic E-state index is 5.76. The SMILES string of the molecule is COCCCCOc1ccc2cc(C#CCN)ccc2c1. The zero-order valence-electron chi connectivity index (χ0n) is 12.4. The van der Waals surface area contributed by atoms with E-state index in [2.05, 4.69) is 36.1 Å². The summed E-state index contributed by atoms with van der Waals surface area (Å²) in [5.41, 5.74) is 6.37. The highest BCUT2D eigenvalue weighted by Gasteiger charge is 1.99. The summed E-state index contributed by atoms with van der Waals surface area (Å²) >= 11 is 0. The average molecular weight is 283 g/mol. The van der Waals surface area contributed by atoms with Gasteiger partial charge in [-0.25, -0.2) is 0 Å². The topological polar surface area (TPSA) is 44.5 Å². The second-order valence-electron chi connectivity index (χ2n) is 4.78. The van der Waals surface area contributed by atoms with Crippen molar-refractivity contribution in [2.75, 3.05) is 26.9 Å². The fourth-order valence-corrected chi connectivity index (χ4v) is 2.08. The molecule has 0 saturated heterocycles. The maximum Gasteiger partial charge on any atom is 0.119 e. The van der Waals surface area contributed by atoms with Crippen molar-refractivity contribution in [1.29, 1.82) is 0 Å². The summed E-state index contributed by atoms with van der Waals surface area (Å²) in [6.45, 7) is 1.89. The van der Waals surface area contributed by atoms with E-state index in [0.717, 1.165) is 48.1 Å². The molecule has 2 aromatic carbocycles. The Balaban J connectivity index is 2.01. The van der Waals surface area contributed by atoms with Crippen LogP contribution in [0, 0.1) is 11.8 Å². The van der Waals surface area contributed by atoms with Gasteiger partial charge < -0.3 is 15.2 Å². The van der Waals surface area contributed by atoms with Crippen molar-refractivity contribution in [3.63, 3.8) is 0 Å². The lowest BCUT2D eigenvalue weighted by Gasteiger charge is -2.07. The molecule has 0 aliphatic carbocycles. The Kier molecular flexibility index (Phi) is 6.08. The molecular weight excluding hydrogens is 262 g/mol. The van der Waals surface area contributed by atoms with Crippen LogP contribution in [0.15, 0.2) is 36.4 Å². The summed E-state index contributed by atoms with van der Waals surface area (Å²) in [6, 6.07) is 12.3. The van der Waals surface area contributed by atoms with Crippen LogP contribution < -0.4 is 10.5 Å². The van der Waals surface area contributed by atoms with Gasteiger partial charge in [0.1, 0.15) is 5.75 Å². The number of methoxy groups -OCH3 is 1. The number of fused-ring (bicyclic) bond motifs is 1. The average Bonchev–Trinajstić information content (AvgIpc) is 2.52. The lowest BCUT2D eigenvalue weighted by Crippen LogP contribution is -1.99. The van der Waals surface area contributed by atoms with Crippen LogP contribution in [0.4, 0.5) is 0 Å². The first-order chi connectivity index (χ1) is 10.3. The molecule has 110 valence electrons. The molecular formula is C18H21NO2. The highest BCUT2D eigenvalue weighted by atomic mass is 16.5. The monoisotopic (exact) mass is 283 g/mol. The minimum absolute atomic E-state index is 0.383. The van der Waals surface area contributed by atoms with Gasteiger partial charge in [0, 0.05) is 19.3 Å². The van der Waals surface area contributed by atoms with E-state index in [4.69, 9.17) is 15.2 Å². The molecule has 0 aliphatic heterocycles. The first-order valence-electron chi connectivity index (χ1n) is 7.18. The van der Waals surface area contributed by atoms with Crippen molar-refractivity contribution in [2.24, 2.45) is 5.73 Å². The van der Waals surface area contributed by atoms with Gasteiger partial charge in [-0.15, -0.1) is 0 Å². The van der Waals surface area contributed by atoms with Gasteiger partial charge in [-0.2, -0.15) is 0 Å². The van der Waals surface area contributed by atoms with Crippen molar-refractivity contribution in [3.05, 3.63) is 42.0 Å². The van der Waals surface area contributed by atoms with Gasteiger partial charge >= 0.3 is 0 Å².